The molecule has 4 heteroatoms. The van der Waals surface area contributed by atoms with E-state index in [1.165, 1.54) is 30.0 Å². The van der Waals surface area contributed by atoms with Crippen LogP contribution in [0.1, 0.15) is 42.8 Å². The number of fused-ring (bicyclic) bond motifs is 2. The molecule has 3 heterocycles. The maximum absolute atomic E-state index is 5.88. The van der Waals surface area contributed by atoms with Gasteiger partial charge in [0.15, 0.2) is 0 Å². The first-order valence-electron chi connectivity index (χ1n) is 6.17. The average Bonchev–Trinajstić information content (AvgIpc) is 3.01. The van der Waals surface area contributed by atoms with Crippen molar-refractivity contribution in [1.82, 2.24) is 10.3 Å². The second kappa shape index (κ2) is 4.43. The predicted octanol–water partition coefficient (Wildman–Crippen LogP) is 2.29. The molecule has 16 heavy (non-hydrogen) atoms. The maximum atomic E-state index is 5.88. The van der Waals surface area contributed by atoms with Crippen molar-refractivity contribution in [2.24, 2.45) is 0 Å². The van der Waals surface area contributed by atoms with Gasteiger partial charge in [0.1, 0.15) is 0 Å². The monoisotopic (exact) mass is 238 g/mol. The van der Waals surface area contributed by atoms with Crippen LogP contribution < -0.4 is 5.32 Å². The lowest BCUT2D eigenvalue weighted by atomic mass is 9.90. The number of hydrogen-bond donors (Lipinski definition) is 1. The maximum Gasteiger partial charge on any atom is 0.0986 e. The van der Waals surface area contributed by atoms with Gasteiger partial charge in [-0.15, -0.1) is 11.3 Å². The van der Waals surface area contributed by atoms with Gasteiger partial charge in [-0.1, -0.05) is 6.92 Å². The third-order valence-electron chi connectivity index (χ3n) is 3.55. The van der Waals surface area contributed by atoms with E-state index in [-0.39, 0.29) is 0 Å². The Morgan fingerprint density at radius 1 is 1.56 bits per heavy atom. The van der Waals surface area contributed by atoms with Crippen LogP contribution in [-0.2, 0) is 11.3 Å². The van der Waals surface area contributed by atoms with E-state index in [2.05, 4.69) is 17.6 Å². The SMILES string of the molecule is CCNCc1csc(C2CC3CCC2O3)n1. The quantitative estimate of drug-likeness (QED) is 0.874. The minimum atomic E-state index is 0.461. The highest BCUT2D eigenvalue weighted by Gasteiger charge is 2.42. The molecule has 2 bridgehead atoms. The van der Waals surface area contributed by atoms with Crippen molar-refractivity contribution in [3.8, 4) is 0 Å². The second-order valence-electron chi connectivity index (χ2n) is 4.67. The highest BCUT2D eigenvalue weighted by Crippen LogP contribution is 2.45. The molecule has 3 atom stereocenters. The largest absolute Gasteiger partial charge is 0.374 e. The Kier molecular flexibility index (Phi) is 2.96. The topological polar surface area (TPSA) is 34.1 Å². The Bertz CT molecular complexity index is 366. The van der Waals surface area contributed by atoms with Crippen LogP contribution in [0.4, 0.5) is 0 Å². The third kappa shape index (κ3) is 1.90. The van der Waals surface area contributed by atoms with Crippen molar-refractivity contribution in [2.75, 3.05) is 6.54 Å². The summed E-state index contributed by atoms with van der Waals surface area (Å²) >= 11 is 1.81. The Labute approximate surface area is 100 Å². The Hall–Kier alpha value is -0.450. The molecule has 1 N–H and O–H groups in total. The first-order chi connectivity index (χ1) is 7.86. The van der Waals surface area contributed by atoms with Gasteiger partial charge in [-0.05, 0) is 25.8 Å². The highest BCUT2D eigenvalue weighted by molar-refractivity contribution is 7.09. The fourth-order valence-electron chi connectivity index (χ4n) is 2.72. The van der Waals surface area contributed by atoms with Gasteiger partial charge in [-0.3, -0.25) is 0 Å². The summed E-state index contributed by atoms with van der Waals surface area (Å²) in [6.45, 7) is 4.02. The zero-order valence-electron chi connectivity index (χ0n) is 9.61. The van der Waals surface area contributed by atoms with Gasteiger partial charge < -0.3 is 10.1 Å². The van der Waals surface area contributed by atoms with Crippen LogP contribution in [-0.4, -0.2) is 23.7 Å². The fraction of sp³-hybridized carbons (Fsp3) is 0.750. The van der Waals surface area contributed by atoms with Gasteiger partial charge in [-0.2, -0.15) is 0 Å². The average molecular weight is 238 g/mol. The molecule has 1 aromatic heterocycles. The molecule has 2 saturated heterocycles. The number of rotatable bonds is 4. The third-order valence-corrected chi connectivity index (χ3v) is 4.57. The molecule has 0 radical (unpaired) electrons. The van der Waals surface area contributed by atoms with Gasteiger partial charge in [0, 0.05) is 17.8 Å². The summed E-state index contributed by atoms with van der Waals surface area (Å²) in [6.07, 6.45) is 4.67. The van der Waals surface area contributed by atoms with E-state index in [4.69, 9.17) is 9.72 Å². The van der Waals surface area contributed by atoms with Crippen LogP contribution in [0.15, 0.2) is 5.38 Å². The van der Waals surface area contributed by atoms with Crippen molar-refractivity contribution in [2.45, 2.75) is 50.9 Å². The molecule has 0 spiro atoms. The first-order valence-corrected chi connectivity index (χ1v) is 7.05. The first kappa shape index (κ1) is 10.7. The summed E-state index contributed by atoms with van der Waals surface area (Å²) in [6, 6.07) is 0. The van der Waals surface area contributed by atoms with Crippen LogP contribution in [0.25, 0.3) is 0 Å². The minimum Gasteiger partial charge on any atom is -0.374 e. The zero-order valence-corrected chi connectivity index (χ0v) is 10.4. The van der Waals surface area contributed by atoms with Crippen LogP contribution in [0.3, 0.4) is 0 Å². The summed E-state index contributed by atoms with van der Waals surface area (Å²) < 4.78 is 5.88. The van der Waals surface area contributed by atoms with Crippen molar-refractivity contribution in [1.29, 1.82) is 0 Å². The van der Waals surface area contributed by atoms with Crippen LogP contribution in [0.2, 0.25) is 0 Å². The molecule has 0 saturated carbocycles. The van der Waals surface area contributed by atoms with Gasteiger partial charge >= 0.3 is 0 Å². The molecule has 1 aromatic rings. The van der Waals surface area contributed by atoms with E-state index < -0.39 is 0 Å². The summed E-state index contributed by atoms with van der Waals surface area (Å²) in [5.41, 5.74) is 1.18. The molecule has 2 aliphatic heterocycles. The molecule has 3 rings (SSSR count). The van der Waals surface area contributed by atoms with E-state index in [1.807, 2.05) is 0 Å². The standard InChI is InChI=1S/C12H18N2OS/c1-2-13-6-8-7-16-12(14-8)10-5-9-3-4-11(10)15-9/h7,9-11,13H,2-6H2,1H3. The van der Waals surface area contributed by atoms with E-state index in [0.29, 0.717) is 18.1 Å². The summed E-state index contributed by atoms with van der Waals surface area (Å²) in [5.74, 6) is 0.583. The van der Waals surface area contributed by atoms with Crippen LogP contribution in [0, 0.1) is 0 Å². The van der Waals surface area contributed by atoms with Crippen molar-refractivity contribution < 1.29 is 4.74 Å². The Morgan fingerprint density at radius 2 is 2.50 bits per heavy atom. The minimum absolute atomic E-state index is 0.461. The molecule has 2 fully saturated rings. The molecule has 0 aromatic carbocycles. The zero-order chi connectivity index (χ0) is 11.0. The summed E-state index contributed by atoms with van der Waals surface area (Å²) in [7, 11) is 0. The lowest BCUT2D eigenvalue weighted by molar-refractivity contribution is 0.100. The lowest BCUT2D eigenvalue weighted by Gasteiger charge is -2.15. The fourth-order valence-corrected chi connectivity index (χ4v) is 3.71. The van der Waals surface area contributed by atoms with E-state index in [1.54, 1.807) is 11.3 Å². The second-order valence-corrected chi connectivity index (χ2v) is 5.56. The molecule has 2 aliphatic rings. The number of aromatic nitrogens is 1. The number of hydrogen-bond acceptors (Lipinski definition) is 4. The lowest BCUT2D eigenvalue weighted by Crippen LogP contribution is -2.15. The van der Waals surface area contributed by atoms with Gasteiger partial charge in [0.2, 0.25) is 0 Å². The number of ether oxygens (including phenoxy) is 1. The Morgan fingerprint density at radius 3 is 3.19 bits per heavy atom. The van der Waals surface area contributed by atoms with E-state index >= 15 is 0 Å². The molecule has 0 amide bonds. The van der Waals surface area contributed by atoms with Gasteiger partial charge in [-0.25, -0.2) is 4.98 Å². The molecule has 88 valence electrons. The molecule has 0 aliphatic carbocycles. The van der Waals surface area contributed by atoms with Crippen molar-refractivity contribution >= 4 is 11.3 Å². The normalized spacial score (nSPS) is 32.4. The molecule has 3 unspecified atom stereocenters. The van der Waals surface area contributed by atoms with Crippen LogP contribution in [0.5, 0.6) is 0 Å². The Balaban J connectivity index is 1.68. The van der Waals surface area contributed by atoms with Crippen LogP contribution >= 0.6 is 11.3 Å². The number of nitrogens with zero attached hydrogens (tertiary/aromatic N) is 1. The molecular formula is C12H18N2OS. The van der Waals surface area contributed by atoms with Crippen molar-refractivity contribution in [3.63, 3.8) is 0 Å². The smallest absolute Gasteiger partial charge is 0.0986 e. The highest BCUT2D eigenvalue weighted by atomic mass is 32.1. The predicted molar refractivity (Wildman–Crippen MR) is 64.7 cm³/mol. The van der Waals surface area contributed by atoms with Gasteiger partial charge in [0.05, 0.1) is 22.9 Å². The summed E-state index contributed by atoms with van der Waals surface area (Å²) in [4.78, 5) is 4.72. The van der Waals surface area contributed by atoms with Gasteiger partial charge in [0.25, 0.3) is 0 Å². The van der Waals surface area contributed by atoms with Crippen molar-refractivity contribution in [3.05, 3.63) is 16.1 Å². The summed E-state index contributed by atoms with van der Waals surface area (Å²) in [5, 5.41) is 6.79. The number of nitrogens with one attached hydrogen (secondary N) is 1. The molecule has 3 nitrogen and oxygen atoms in total. The molecular weight excluding hydrogens is 220 g/mol. The van der Waals surface area contributed by atoms with E-state index in [9.17, 15) is 0 Å². The number of thiazole rings is 1. The van der Waals surface area contributed by atoms with E-state index in [0.717, 1.165) is 13.1 Å².